The molecular weight excluding hydrogens is 1230 g/mol. The topological polar surface area (TPSA) is 237 Å². The van der Waals surface area contributed by atoms with Crippen LogP contribution in [0, 0.1) is 23.7 Å². The van der Waals surface area contributed by atoms with Crippen molar-refractivity contribution in [3.8, 4) is 0 Å². The predicted molar refractivity (Wildman–Crippen MR) is 381 cm³/mol. The minimum Gasteiger partial charge on any atom is -0.462 e. The van der Waals surface area contributed by atoms with Crippen molar-refractivity contribution in [2.24, 2.45) is 23.7 Å². The molecule has 0 fully saturated rings. The number of carbonyl (C=O) groups excluding carboxylic acids is 4. The first kappa shape index (κ1) is 92.1. The second kappa shape index (κ2) is 64.4. The Balaban J connectivity index is 5.17. The van der Waals surface area contributed by atoms with Crippen LogP contribution in [0.3, 0.4) is 0 Å². The average molecular weight is 1380 g/mol. The Hall–Kier alpha value is -1.94. The second-order valence-electron chi connectivity index (χ2n) is 28.5. The number of hydrogen-bond acceptors (Lipinski definition) is 15. The van der Waals surface area contributed by atoms with Gasteiger partial charge in [-0.15, -0.1) is 0 Å². The number of esters is 4. The number of unbranched alkanes of at least 4 members (excludes halogenated alkanes) is 36. The summed E-state index contributed by atoms with van der Waals surface area (Å²) in [5.74, 6) is 0.922. The van der Waals surface area contributed by atoms with Crippen LogP contribution in [0.5, 0.6) is 0 Å². The third-order valence-electron chi connectivity index (χ3n) is 18.0. The summed E-state index contributed by atoms with van der Waals surface area (Å²) in [6.07, 6.45) is 48.8. The third-order valence-corrected chi connectivity index (χ3v) is 19.9. The smallest absolute Gasteiger partial charge is 0.462 e. The van der Waals surface area contributed by atoms with Gasteiger partial charge < -0.3 is 33.8 Å². The zero-order valence-electron chi connectivity index (χ0n) is 61.6. The van der Waals surface area contributed by atoms with Crippen molar-refractivity contribution in [2.45, 2.75) is 395 Å². The van der Waals surface area contributed by atoms with Gasteiger partial charge in [-0.3, -0.25) is 37.3 Å². The summed E-state index contributed by atoms with van der Waals surface area (Å²) in [5, 5.41) is 10.6. The molecule has 0 bridgehead atoms. The molecule has 3 N–H and O–H groups in total. The lowest BCUT2D eigenvalue weighted by Crippen LogP contribution is -2.30. The van der Waals surface area contributed by atoms with Crippen molar-refractivity contribution >= 4 is 39.5 Å². The highest BCUT2D eigenvalue weighted by molar-refractivity contribution is 7.47. The molecule has 0 aromatic carbocycles. The van der Waals surface area contributed by atoms with Gasteiger partial charge in [0.05, 0.1) is 26.4 Å². The number of phosphoric acid groups is 2. The Morgan fingerprint density at radius 3 is 0.755 bits per heavy atom. The Labute approximate surface area is 575 Å². The first-order chi connectivity index (χ1) is 45.2. The Bertz CT molecular complexity index is 1850. The summed E-state index contributed by atoms with van der Waals surface area (Å²) < 4.78 is 68.4. The molecule has 7 atom stereocenters. The van der Waals surface area contributed by atoms with Crippen LogP contribution in [-0.4, -0.2) is 96.7 Å². The fraction of sp³-hybridized carbons (Fsp3) is 0.947. The quantitative estimate of drug-likeness (QED) is 0.0222. The highest BCUT2D eigenvalue weighted by Crippen LogP contribution is 2.45. The van der Waals surface area contributed by atoms with E-state index < -0.39 is 97.5 Å². The summed E-state index contributed by atoms with van der Waals surface area (Å²) in [4.78, 5) is 72.7. The van der Waals surface area contributed by atoms with Gasteiger partial charge in [-0.25, -0.2) is 9.13 Å². The van der Waals surface area contributed by atoms with Crippen molar-refractivity contribution in [1.82, 2.24) is 0 Å². The number of aliphatic hydroxyl groups excluding tert-OH is 1. The van der Waals surface area contributed by atoms with Crippen LogP contribution in [0.25, 0.3) is 0 Å². The van der Waals surface area contributed by atoms with Crippen LogP contribution in [0.1, 0.15) is 376 Å². The van der Waals surface area contributed by atoms with Gasteiger partial charge in [0.1, 0.15) is 19.3 Å². The molecule has 0 saturated carbocycles. The van der Waals surface area contributed by atoms with Gasteiger partial charge in [0.25, 0.3) is 0 Å². The fourth-order valence-electron chi connectivity index (χ4n) is 11.3. The van der Waals surface area contributed by atoms with E-state index in [0.29, 0.717) is 37.5 Å². The van der Waals surface area contributed by atoms with Crippen molar-refractivity contribution in [3.05, 3.63) is 0 Å². The molecule has 0 saturated heterocycles. The van der Waals surface area contributed by atoms with Crippen LogP contribution in [0.4, 0.5) is 0 Å². The largest absolute Gasteiger partial charge is 0.472 e. The summed E-state index contributed by atoms with van der Waals surface area (Å²) in [5.41, 5.74) is 0. The Morgan fingerprint density at radius 2 is 0.511 bits per heavy atom. The first-order valence-corrected chi connectivity index (χ1v) is 41.8. The summed E-state index contributed by atoms with van der Waals surface area (Å²) in [6, 6.07) is 0. The van der Waals surface area contributed by atoms with Crippen molar-refractivity contribution < 1.29 is 80.2 Å². The van der Waals surface area contributed by atoms with E-state index in [4.69, 9.17) is 37.0 Å². The van der Waals surface area contributed by atoms with Gasteiger partial charge in [0.15, 0.2) is 12.2 Å². The number of carbonyl (C=O) groups is 4. The van der Waals surface area contributed by atoms with Crippen LogP contribution in [0.2, 0.25) is 0 Å². The molecule has 17 nitrogen and oxygen atoms in total. The van der Waals surface area contributed by atoms with Gasteiger partial charge >= 0.3 is 39.5 Å². The molecule has 5 unspecified atom stereocenters. The summed E-state index contributed by atoms with van der Waals surface area (Å²) >= 11 is 0. The van der Waals surface area contributed by atoms with E-state index in [1.807, 2.05) is 0 Å². The molecular formula is C75H146O17P2. The maximum atomic E-state index is 13.1. The molecule has 94 heavy (non-hydrogen) atoms. The molecule has 0 aromatic rings. The van der Waals surface area contributed by atoms with Crippen LogP contribution in [0.15, 0.2) is 0 Å². The van der Waals surface area contributed by atoms with Gasteiger partial charge in [-0.05, 0) is 49.4 Å². The average Bonchev–Trinajstić information content (AvgIpc) is 2.06. The molecule has 0 spiro atoms. The molecule has 558 valence electrons. The van der Waals surface area contributed by atoms with E-state index in [-0.39, 0.29) is 25.7 Å². The van der Waals surface area contributed by atoms with E-state index in [0.717, 1.165) is 108 Å². The van der Waals surface area contributed by atoms with Gasteiger partial charge in [0, 0.05) is 25.7 Å². The molecule has 0 aromatic heterocycles. The maximum absolute atomic E-state index is 13.1. The molecule has 0 amide bonds. The van der Waals surface area contributed by atoms with E-state index in [2.05, 4.69) is 55.4 Å². The van der Waals surface area contributed by atoms with E-state index in [1.54, 1.807) is 0 Å². The molecule has 0 aliphatic rings. The number of hydrogen-bond donors (Lipinski definition) is 3. The number of aliphatic hydroxyl groups is 1. The van der Waals surface area contributed by atoms with E-state index in [9.17, 15) is 43.2 Å². The minimum atomic E-state index is -4.96. The Morgan fingerprint density at radius 1 is 0.298 bits per heavy atom. The Kier molecular flexibility index (Phi) is 63.1. The first-order valence-electron chi connectivity index (χ1n) is 38.8. The summed E-state index contributed by atoms with van der Waals surface area (Å²) in [6.45, 7) is 14.1. The molecule has 0 aliphatic heterocycles. The maximum Gasteiger partial charge on any atom is 0.472 e. The second-order valence-corrected chi connectivity index (χ2v) is 31.4. The van der Waals surface area contributed by atoms with Crippen molar-refractivity contribution in [2.75, 3.05) is 39.6 Å². The van der Waals surface area contributed by atoms with Crippen LogP contribution < -0.4 is 0 Å². The van der Waals surface area contributed by atoms with E-state index in [1.165, 1.54) is 173 Å². The standard InChI is InChI=1S/C75H146O17P2/c1-9-67(7)53-45-37-29-21-19-17-15-13-11-12-14-16-18-20-22-32-41-49-57-74(79)91-70(61-85-72(77)55-47-39-31-24-23-30-38-46-54-68(8)10-2)63-89-93(81,82)87-59-69(76)60-88-94(83,84)90-64-71(92-75(80)58-50-42-34-26-28-36-44-52-66(5)6)62-86-73(78)56-48-40-33-25-27-35-43-51-65(3)4/h65-71,76H,9-64H2,1-8H3,(H,81,82)(H,83,84)/t67?,68?,69?,70-,71-/m1/s1. The van der Waals surface area contributed by atoms with Gasteiger partial charge in [0.2, 0.25) is 0 Å². The number of rotatable bonds is 72. The highest BCUT2D eigenvalue weighted by atomic mass is 31.2. The van der Waals surface area contributed by atoms with Gasteiger partial charge in [-0.2, -0.15) is 0 Å². The van der Waals surface area contributed by atoms with Crippen LogP contribution >= 0.6 is 15.6 Å². The normalized spacial score (nSPS) is 14.7. The van der Waals surface area contributed by atoms with E-state index >= 15 is 0 Å². The number of phosphoric ester groups is 2. The molecule has 0 rings (SSSR count). The lowest BCUT2D eigenvalue weighted by Gasteiger charge is -2.21. The van der Waals surface area contributed by atoms with Crippen LogP contribution in [-0.2, 0) is 65.4 Å². The fourth-order valence-corrected chi connectivity index (χ4v) is 12.9. The van der Waals surface area contributed by atoms with Crippen molar-refractivity contribution in [1.29, 1.82) is 0 Å². The molecule has 0 aliphatic carbocycles. The zero-order valence-corrected chi connectivity index (χ0v) is 63.4. The number of ether oxygens (including phenoxy) is 4. The minimum absolute atomic E-state index is 0.102. The molecule has 0 heterocycles. The third kappa shape index (κ3) is 66.0. The lowest BCUT2D eigenvalue weighted by molar-refractivity contribution is -0.161. The monoisotopic (exact) mass is 1380 g/mol. The predicted octanol–water partition coefficient (Wildman–Crippen LogP) is 21.7. The summed E-state index contributed by atoms with van der Waals surface area (Å²) in [7, 11) is -9.91. The SMILES string of the molecule is CCC(C)CCCCCCCCCCCCCCCCCCCCC(=O)O[C@H](COC(=O)CCCCCCCCCCC(C)CC)COP(=O)(O)OCC(O)COP(=O)(O)OC[C@@H](COC(=O)CCCCCCCCCC(C)C)OC(=O)CCCCCCCCCC(C)C. The highest BCUT2D eigenvalue weighted by Gasteiger charge is 2.30. The molecule has 19 heteroatoms. The zero-order chi connectivity index (χ0) is 69.6. The molecule has 0 radical (unpaired) electrons. The lowest BCUT2D eigenvalue weighted by atomic mass is 9.99. The van der Waals surface area contributed by atoms with Crippen molar-refractivity contribution in [3.63, 3.8) is 0 Å². The van der Waals surface area contributed by atoms with Gasteiger partial charge in [-0.1, -0.05) is 325 Å².